The van der Waals surface area contributed by atoms with Crippen LogP contribution in [0.3, 0.4) is 0 Å². The van der Waals surface area contributed by atoms with Crippen molar-refractivity contribution in [2.45, 2.75) is 19.9 Å². The molecular weight excluding hydrogens is 285 g/mol. The van der Waals surface area contributed by atoms with Gasteiger partial charge in [-0.3, -0.25) is 4.79 Å². The van der Waals surface area contributed by atoms with Crippen molar-refractivity contribution in [1.82, 2.24) is 9.78 Å². The lowest BCUT2D eigenvalue weighted by molar-refractivity contribution is 0.102. The summed E-state index contributed by atoms with van der Waals surface area (Å²) >= 11 is 11.9. The Bertz CT molecular complexity index is 608. The third kappa shape index (κ3) is 2.91. The summed E-state index contributed by atoms with van der Waals surface area (Å²) in [5.74, 6) is 0.311. The van der Waals surface area contributed by atoms with Gasteiger partial charge in [-0.15, -0.1) is 0 Å². The van der Waals surface area contributed by atoms with Gasteiger partial charge in [0.05, 0.1) is 21.8 Å². The van der Waals surface area contributed by atoms with Gasteiger partial charge >= 0.3 is 0 Å². The molecular formula is C13H13Cl2N3O. The molecule has 0 saturated heterocycles. The van der Waals surface area contributed by atoms with Crippen molar-refractivity contribution < 1.29 is 4.79 Å². The van der Waals surface area contributed by atoms with Crippen LogP contribution in [-0.2, 0) is 0 Å². The molecule has 0 aliphatic heterocycles. The smallest absolute Gasteiger partial charge is 0.258 e. The monoisotopic (exact) mass is 297 g/mol. The Morgan fingerprint density at radius 3 is 2.74 bits per heavy atom. The van der Waals surface area contributed by atoms with E-state index in [4.69, 9.17) is 23.2 Å². The molecule has 2 aromatic rings. The molecule has 19 heavy (non-hydrogen) atoms. The number of benzene rings is 1. The van der Waals surface area contributed by atoms with Crippen molar-refractivity contribution in [3.8, 4) is 0 Å². The number of carbonyl (C=O) groups excluding carboxylic acids is 1. The Morgan fingerprint density at radius 1 is 1.32 bits per heavy atom. The second-order valence-corrected chi connectivity index (χ2v) is 5.10. The molecule has 4 nitrogen and oxygen atoms in total. The van der Waals surface area contributed by atoms with Crippen LogP contribution in [0.4, 0.5) is 5.82 Å². The predicted molar refractivity (Wildman–Crippen MR) is 77.0 cm³/mol. The Balaban J connectivity index is 2.26. The molecule has 1 heterocycles. The van der Waals surface area contributed by atoms with E-state index in [0.717, 1.165) is 0 Å². The number of rotatable bonds is 3. The summed E-state index contributed by atoms with van der Waals surface area (Å²) in [7, 11) is 0. The van der Waals surface area contributed by atoms with E-state index in [0.29, 0.717) is 16.4 Å². The Morgan fingerprint density at radius 2 is 2.05 bits per heavy atom. The van der Waals surface area contributed by atoms with Gasteiger partial charge in [-0.05, 0) is 26.0 Å². The first-order valence-electron chi connectivity index (χ1n) is 5.79. The average molecular weight is 298 g/mol. The SMILES string of the molecule is CC(C)n1nccc1NC(=O)c1cccc(Cl)c1Cl. The third-order valence-electron chi connectivity index (χ3n) is 2.60. The van der Waals surface area contributed by atoms with Crippen LogP contribution in [0.5, 0.6) is 0 Å². The topological polar surface area (TPSA) is 46.9 Å². The summed E-state index contributed by atoms with van der Waals surface area (Å²) in [6.45, 7) is 3.96. The lowest BCUT2D eigenvalue weighted by Gasteiger charge is -2.12. The van der Waals surface area contributed by atoms with Crippen molar-refractivity contribution in [3.63, 3.8) is 0 Å². The number of aromatic nitrogens is 2. The fourth-order valence-electron chi connectivity index (χ4n) is 1.69. The summed E-state index contributed by atoms with van der Waals surface area (Å²) in [4.78, 5) is 12.2. The van der Waals surface area contributed by atoms with Gasteiger partial charge < -0.3 is 5.32 Å². The molecule has 0 radical (unpaired) electrons. The summed E-state index contributed by atoms with van der Waals surface area (Å²) in [6, 6.07) is 6.83. The summed E-state index contributed by atoms with van der Waals surface area (Å²) in [6.07, 6.45) is 1.63. The van der Waals surface area contributed by atoms with E-state index in [1.807, 2.05) is 13.8 Å². The van der Waals surface area contributed by atoms with Crippen molar-refractivity contribution in [2.24, 2.45) is 0 Å². The normalized spacial score (nSPS) is 10.8. The highest BCUT2D eigenvalue weighted by molar-refractivity contribution is 6.44. The van der Waals surface area contributed by atoms with Crippen molar-refractivity contribution in [3.05, 3.63) is 46.1 Å². The molecule has 0 spiro atoms. The summed E-state index contributed by atoms with van der Waals surface area (Å²) in [5, 5.41) is 7.52. The minimum Gasteiger partial charge on any atom is -0.307 e. The number of anilines is 1. The lowest BCUT2D eigenvalue weighted by atomic mass is 10.2. The number of nitrogens with one attached hydrogen (secondary N) is 1. The molecule has 2 rings (SSSR count). The first-order valence-corrected chi connectivity index (χ1v) is 6.55. The number of amides is 1. The van der Waals surface area contributed by atoms with E-state index in [1.165, 1.54) is 0 Å². The molecule has 1 aromatic heterocycles. The Kier molecular flexibility index (Phi) is 4.12. The van der Waals surface area contributed by atoms with Crippen LogP contribution >= 0.6 is 23.2 Å². The highest BCUT2D eigenvalue weighted by Crippen LogP contribution is 2.26. The van der Waals surface area contributed by atoms with E-state index in [2.05, 4.69) is 10.4 Å². The minimum atomic E-state index is -0.310. The van der Waals surface area contributed by atoms with Crippen LogP contribution in [0.1, 0.15) is 30.2 Å². The molecule has 1 aromatic carbocycles. The largest absolute Gasteiger partial charge is 0.307 e. The maximum atomic E-state index is 12.2. The number of halogens is 2. The molecule has 6 heteroatoms. The highest BCUT2D eigenvalue weighted by Gasteiger charge is 2.15. The fraction of sp³-hybridized carbons (Fsp3) is 0.231. The predicted octanol–water partition coefficient (Wildman–Crippen LogP) is 4.02. The first kappa shape index (κ1) is 13.9. The molecule has 0 atom stereocenters. The van der Waals surface area contributed by atoms with E-state index in [1.54, 1.807) is 35.1 Å². The molecule has 0 aliphatic carbocycles. The van der Waals surface area contributed by atoms with E-state index in [-0.39, 0.29) is 17.0 Å². The van der Waals surface area contributed by atoms with Crippen molar-refractivity contribution >= 4 is 34.9 Å². The van der Waals surface area contributed by atoms with Gasteiger partial charge in [0.1, 0.15) is 5.82 Å². The second-order valence-electron chi connectivity index (χ2n) is 4.31. The zero-order chi connectivity index (χ0) is 14.0. The van der Waals surface area contributed by atoms with Gasteiger partial charge in [0.2, 0.25) is 0 Å². The zero-order valence-corrected chi connectivity index (χ0v) is 12.0. The quantitative estimate of drug-likeness (QED) is 0.930. The zero-order valence-electron chi connectivity index (χ0n) is 10.5. The van der Waals surface area contributed by atoms with E-state index in [9.17, 15) is 4.79 Å². The number of hydrogen-bond acceptors (Lipinski definition) is 2. The molecule has 1 N–H and O–H groups in total. The molecule has 0 unspecified atom stereocenters. The van der Waals surface area contributed by atoms with E-state index < -0.39 is 0 Å². The van der Waals surface area contributed by atoms with Crippen LogP contribution < -0.4 is 5.32 Å². The van der Waals surface area contributed by atoms with Gasteiger partial charge in [0.15, 0.2) is 0 Å². The number of hydrogen-bond donors (Lipinski definition) is 1. The second kappa shape index (κ2) is 5.63. The molecule has 0 bridgehead atoms. The van der Waals surface area contributed by atoms with Crippen LogP contribution in [-0.4, -0.2) is 15.7 Å². The molecule has 0 fully saturated rings. The average Bonchev–Trinajstić information content (AvgIpc) is 2.80. The van der Waals surface area contributed by atoms with Gasteiger partial charge in [0, 0.05) is 12.1 Å². The van der Waals surface area contributed by atoms with Crippen molar-refractivity contribution in [1.29, 1.82) is 0 Å². The highest BCUT2D eigenvalue weighted by atomic mass is 35.5. The van der Waals surface area contributed by atoms with Crippen LogP contribution in [0.2, 0.25) is 10.0 Å². The fourth-order valence-corrected chi connectivity index (χ4v) is 2.07. The van der Waals surface area contributed by atoms with Crippen LogP contribution in [0.15, 0.2) is 30.5 Å². The number of nitrogens with zero attached hydrogens (tertiary/aromatic N) is 2. The molecule has 0 saturated carbocycles. The van der Waals surface area contributed by atoms with Gasteiger partial charge in [-0.2, -0.15) is 5.10 Å². The van der Waals surface area contributed by atoms with Gasteiger partial charge in [-0.1, -0.05) is 29.3 Å². The molecule has 0 aliphatic rings. The maximum Gasteiger partial charge on any atom is 0.258 e. The molecule has 1 amide bonds. The van der Waals surface area contributed by atoms with Gasteiger partial charge in [-0.25, -0.2) is 4.68 Å². The maximum absolute atomic E-state index is 12.2. The number of carbonyl (C=O) groups is 1. The third-order valence-corrected chi connectivity index (χ3v) is 3.42. The standard InChI is InChI=1S/C13H13Cl2N3O/c1-8(2)18-11(6-7-16-18)17-13(19)9-4-3-5-10(14)12(9)15/h3-8H,1-2H3,(H,17,19). The first-order chi connectivity index (χ1) is 9.00. The molecule has 100 valence electrons. The lowest BCUT2D eigenvalue weighted by Crippen LogP contribution is -2.17. The Labute approximate surface area is 121 Å². The van der Waals surface area contributed by atoms with Gasteiger partial charge in [0.25, 0.3) is 5.91 Å². The summed E-state index contributed by atoms with van der Waals surface area (Å²) < 4.78 is 1.72. The van der Waals surface area contributed by atoms with Crippen LogP contribution in [0, 0.1) is 0 Å². The Hall–Kier alpha value is -1.52. The van der Waals surface area contributed by atoms with E-state index >= 15 is 0 Å². The van der Waals surface area contributed by atoms with Crippen LogP contribution in [0.25, 0.3) is 0 Å². The minimum absolute atomic E-state index is 0.153. The summed E-state index contributed by atoms with van der Waals surface area (Å²) in [5.41, 5.74) is 0.339. The van der Waals surface area contributed by atoms with Crippen molar-refractivity contribution in [2.75, 3.05) is 5.32 Å².